The summed E-state index contributed by atoms with van der Waals surface area (Å²) in [6.07, 6.45) is 3.46. The third-order valence-electron chi connectivity index (χ3n) is 3.63. The topological polar surface area (TPSA) is 64.2 Å². The minimum atomic E-state index is 0.0358. The molecule has 0 saturated heterocycles. The number of carbonyl (C=O) groups is 1. The number of hydrogen-bond acceptors (Lipinski definition) is 3. The Hall–Kier alpha value is -1.52. The van der Waals surface area contributed by atoms with Crippen LogP contribution in [0.2, 0.25) is 0 Å². The van der Waals surface area contributed by atoms with Crippen molar-refractivity contribution in [2.45, 2.75) is 46.6 Å². The van der Waals surface area contributed by atoms with Gasteiger partial charge in [0.25, 0.3) is 5.91 Å². The maximum Gasteiger partial charge on any atom is 0.274 e. The SMILES string of the molecule is CCCN(CC1CC1)C(=O)c1c(N)c(C)nn1CC. The maximum absolute atomic E-state index is 12.7. The third-order valence-corrected chi connectivity index (χ3v) is 3.63. The van der Waals surface area contributed by atoms with Gasteiger partial charge in [-0.15, -0.1) is 0 Å². The number of rotatable bonds is 6. The lowest BCUT2D eigenvalue weighted by atomic mass is 10.2. The molecule has 2 rings (SSSR count). The molecule has 0 spiro atoms. The standard InChI is InChI=1S/C14H24N4O/c1-4-8-17(9-11-6-7-11)14(19)13-12(15)10(3)16-18(13)5-2/h11H,4-9,15H2,1-3H3. The Morgan fingerprint density at radius 2 is 2.16 bits per heavy atom. The molecule has 0 atom stereocenters. The van der Waals surface area contributed by atoms with Crippen LogP contribution >= 0.6 is 0 Å². The molecule has 1 amide bonds. The number of nitrogens with two attached hydrogens (primary N) is 1. The largest absolute Gasteiger partial charge is 0.395 e. The number of hydrogen-bond donors (Lipinski definition) is 1. The smallest absolute Gasteiger partial charge is 0.274 e. The molecular formula is C14H24N4O. The van der Waals surface area contributed by atoms with Crippen molar-refractivity contribution in [1.29, 1.82) is 0 Å². The molecule has 0 aliphatic heterocycles. The predicted molar refractivity (Wildman–Crippen MR) is 76.0 cm³/mol. The summed E-state index contributed by atoms with van der Waals surface area (Å²) in [5.74, 6) is 0.726. The molecule has 19 heavy (non-hydrogen) atoms. The summed E-state index contributed by atoms with van der Waals surface area (Å²) in [6.45, 7) is 8.25. The van der Waals surface area contributed by atoms with Gasteiger partial charge in [-0.25, -0.2) is 0 Å². The van der Waals surface area contributed by atoms with Gasteiger partial charge in [0, 0.05) is 19.6 Å². The second kappa shape index (κ2) is 5.63. The summed E-state index contributed by atoms with van der Waals surface area (Å²) in [6, 6.07) is 0. The van der Waals surface area contributed by atoms with E-state index in [0.29, 0.717) is 23.8 Å². The van der Waals surface area contributed by atoms with Gasteiger partial charge in [0.05, 0.1) is 11.4 Å². The Kier molecular flexibility index (Phi) is 4.12. The molecule has 106 valence electrons. The zero-order valence-corrected chi connectivity index (χ0v) is 12.1. The normalized spacial score (nSPS) is 14.7. The van der Waals surface area contributed by atoms with Crippen molar-refractivity contribution >= 4 is 11.6 Å². The van der Waals surface area contributed by atoms with Gasteiger partial charge in [0.2, 0.25) is 0 Å². The summed E-state index contributed by atoms with van der Waals surface area (Å²) in [5.41, 5.74) is 7.87. The number of nitrogens with zero attached hydrogens (tertiary/aromatic N) is 3. The van der Waals surface area contributed by atoms with E-state index in [-0.39, 0.29) is 5.91 Å². The van der Waals surface area contributed by atoms with Gasteiger partial charge in [0.1, 0.15) is 5.69 Å². The van der Waals surface area contributed by atoms with Crippen LogP contribution in [0.1, 0.15) is 49.3 Å². The van der Waals surface area contributed by atoms with Crippen LogP contribution in [-0.2, 0) is 6.54 Å². The first-order valence-corrected chi connectivity index (χ1v) is 7.20. The van der Waals surface area contributed by atoms with Gasteiger partial charge >= 0.3 is 0 Å². The van der Waals surface area contributed by atoms with Crippen molar-refractivity contribution in [3.8, 4) is 0 Å². The third kappa shape index (κ3) is 2.91. The molecule has 1 aliphatic rings. The lowest BCUT2D eigenvalue weighted by molar-refractivity contribution is 0.0736. The van der Waals surface area contributed by atoms with E-state index in [9.17, 15) is 4.79 Å². The van der Waals surface area contributed by atoms with E-state index in [4.69, 9.17) is 5.73 Å². The fourth-order valence-electron chi connectivity index (χ4n) is 2.36. The fraction of sp³-hybridized carbons (Fsp3) is 0.714. The first kappa shape index (κ1) is 13.9. The van der Waals surface area contributed by atoms with Crippen molar-refractivity contribution in [3.63, 3.8) is 0 Å². The highest BCUT2D eigenvalue weighted by molar-refractivity contribution is 5.98. The number of aromatic nitrogens is 2. The Morgan fingerprint density at radius 1 is 1.47 bits per heavy atom. The second-order valence-electron chi connectivity index (χ2n) is 5.36. The van der Waals surface area contributed by atoms with Crippen LogP contribution in [-0.4, -0.2) is 33.7 Å². The minimum Gasteiger partial charge on any atom is -0.395 e. The summed E-state index contributed by atoms with van der Waals surface area (Å²) < 4.78 is 1.72. The van der Waals surface area contributed by atoms with Crippen molar-refractivity contribution in [1.82, 2.24) is 14.7 Å². The van der Waals surface area contributed by atoms with Gasteiger partial charge in [-0.3, -0.25) is 9.48 Å². The van der Waals surface area contributed by atoms with Gasteiger partial charge in [0.15, 0.2) is 0 Å². The van der Waals surface area contributed by atoms with Crippen LogP contribution in [0.3, 0.4) is 0 Å². The lowest BCUT2D eigenvalue weighted by Crippen LogP contribution is -2.35. The first-order valence-electron chi connectivity index (χ1n) is 7.20. The molecule has 1 aliphatic carbocycles. The van der Waals surface area contributed by atoms with E-state index in [1.165, 1.54) is 12.8 Å². The summed E-state index contributed by atoms with van der Waals surface area (Å²) >= 11 is 0. The molecule has 5 heteroatoms. The van der Waals surface area contributed by atoms with Gasteiger partial charge in [-0.05, 0) is 39.0 Å². The lowest BCUT2D eigenvalue weighted by Gasteiger charge is -2.22. The van der Waals surface area contributed by atoms with Crippen LogP contribution in [0, 0.1) is 12.8 Å². The number of nitrogen functional groups attached to an aromatic ring is 1. The van der Waals surface area contributed by atoms with Crippen LogP contribution in [0.25, 0.3) is 0 Å². The zero-order chi connectivity index (χ0) is 14.0. The maximum atomic E-state index is 12.7. The van der Waals surface area contributed by atoms with Crippen LogP contribution in [0.5, 0.6) is 0 Å². The van der Waals surface area contributed by atoms with E-state index >= 15 is 0 Å². The van der Waals surface area contributed by atoms with E-state index < -0.39 is 0 Å². The molecule has 0 radical (unpaired) electrons. The molecule has 0 aromatic carbocycles. The number of aryl methyl sites for hydroxylation is 2. The first-order chi connectivity index (χ1) is 9.08. The molecule has 1 fully saturated rings. The summed E-state index contributed by atoms with van der Waals surface area (Å²) in [5, 5.41) is 4.33. The Morgan fingerprint density at radius 3 is 2.68 bits per heavy atom. The molecule has 1 aromatic heterocycles. The highest BCUT2D eigenvalue weighted by Gasteiger charge is 2.29. The monoisotopic (exact) mass is 264 g/mol. The molecule has 2 N–H and O–H groups in total. The average molecular weight is 264 g/mol. The highest BCUT2D eigenvalue weighted by atomic mass is 16.2. The number of amides is 1. The second-order valence-corrected chi connectivity index (χ2v) is 5.36. The zero-order valence-electron chi connectivity index (χ0n) is 12.1. The fourth-order valence-corrected chi connectivity index (χ4v) is 2.36. The molecule has 5 nitrogen and oxygen atoms in total. The van der Waals surface area contributed by atoms with E-state index in [1.54, 1.807) is 4.68 Å². The quantitative estimate of drug-likeness (QED) is 0.855. The summed E-state index contributed by atoms with van der Waals surface area (Å²) in [7, 11) is 0. The molecule has 1 heterocycles. The van der Waals surface area contributed by atoms with E-state index in [0.717, 1.165) is 25.2 Å². The van der Waals surface area contributed by atoms with Crippen molar-refractivity contribution < 1.29 is 4.79 Å². The molecular weight excluding hydrogens is 240 g/mol. The van der Waals surface area contributed by atoms with E-state index in [2.05, 4.69) is 12.0 Å². The van der Waals surface area contributed by atoms with Crippen molar-refractivity contribution in [3.05, 3.63) is 11.4 Å². The molecule has 0 unspecified atom stereocenters. The molecule has 0 bridgehead atoms. The summed E-state index contributed by atoms with van der Waals surface area (Å²) in [4.78, 5) is 14.6. The van der Waals surface area contributed by atoms with Crippen LogP contribution in [0.15, 0.2) is 0 Å². The Balaban J connectivity index is 2.24. The minimum absolute atomic E-state index is 0.0358. The van der Waals surface area contributed by atoms with Crippen LogP contribution < -0.4 is 5.73 Å². The van der Waals surface area contributed by atoms with Gasteiger partial charge < -0.3 is 10.6 Å². The highest BCUT2D eigenvalue weighted by Crippen LogP contribution is 2.30. The Labute approximate surface area is 114 Å². The van der Waals surface area contributed by atoms with Crippen molar-refractivity contribution in [2.75, 3.05) is 18.8 Å². The van der Waals surface area contributed by atoms with Gasteiger partial charge in [-0.1, -0.05) is 6.92 Å². The number of carbonyl (C=O) groups excluding carboxylic acids is 1. The predicted octanol–water partition coefficient (Wildman–Crippen LogP) is 2.06. The number of anilines is 1. The van der Waals surface area contributed by atoms with E-state index in [1.807, 2.05) is 18.7 Å². The molecule has 1 saturated carbocycles. The molecule has 1 aromatic rings. The average Bonchev–Trinajstić information content (AvgIpc) is 3.15. The Bertz CT molecular complexity index is 462. The van der Waals surface area contributed by atoms with Crippen LogP contribution in [0.4, 0.5) is 5.69 Å². The van der Waals surface area contributed by atoms with Crippen molar-refractivity contribution in [2.24, 2.45) is 5.92 Å². The van der Waals surface area contributed by atoms with Gasteiger partial charge in [-0.2, -0.15) is 5.10 Å².